The highest BCUT2D eigenvalue weighted by molar-refractivity contribution is 8.04. The van der Waals surface area contributed by atoms with E-state index in [1.807, 2.05) is 0 Å². The molecular weight excluding hydrogens is 96.1 g/mol. The summed E-state index contributed by atoms with van der Waals surface area (Å²) in [6, 6.07) is 0. The fraction of sp³-hybridized carbons (Fsp3) is 0.500. The highest BCUT2D eigenvalue weighted by atomic mass is 32.2. The summed E-state index contributed by atoms with van der Waals surface area (Å²) < 4.78 is 10.5. The summed E-state index contributed by atoms with van der Waals surface area (Å²) in [4.78, 5) is 0. The third-order valence-corrected chi connectivity index (χ3v) is 1.32. The second-order valence-electron chi connectivity index (χ2n) is 1.62. The lowest BCUT2D eigenvalue weighted by Crippen LogP contribution is -1.97. The maximum absolute atomic E-state index is 10.5. The smallest absolute Gasteiger partial charge is 0.00722 e. The van der Waals surface area contributed by atoms with Gasteiger partial charge in [-0.05, 0) is 17.9 Å². The standard InChI is InChI=1S/C4H10OS/c1-4-6(2,3)5/h4,6H,1H2,2-3H3. The molecule has 0 atom stereocenters. The van der Waals surface area contributed by atoms with Crippen LogP contribution in [0, 0.1) is 0 Å². The van der Waals surface area contributed by atoms with Gasteiger partial charge in [0.15, 0.2) is 0 Å². The molecule has 0 aliphatic carbocycles. The maximum Gasteiger partial charge on any atom is -0.00722 e. The zero-order chi connectivity index (χ0) is 5.21. The highest BCUT2D eigenvalue weighted by Crippen LogP contribution is 1.88. The average Bonchev–Trinajstić information content (AvgIpc) is 1.35. The molecule has 0 heterocycles. The topological polar surface area (TPSA) is 17.1 Å². The van der Waals surface area contributed by atoms with E-state index < -0.39 is 9.93 Å². The van der Waals surface area contributed by atoms with Gasteiger partial charge in [0.2, 0.25) is 0 Å². The second-order valence-corrected chi connectivity index (χ2v) is 4.85. The first kappa shape index (κ1) is 5.89. The van der Waals surface area contributed by atoms with E-state index in [0.29, 0.717) is 0 Å². The van der Waals surface area contributed by atoms with E-state index in [1.165, 1.54) is 5.41 Å². The van der Waals surface area contributed by atoms with E-state index in [-0.39, 0.29) is 0 Å². The Kier molecular flexibility index (Phi) is 1.53. The number of hydrogen-bond donors (Lipinski definition) is 1. The molecule has 0 aromatic heterocycles. The first-order valence-electron chi connectivity index (χ1n) is 1.74. The minimum absolute atomic E-state index is 1.49. The van der Waals surface area contributed by atoms with E-state index in [9.17, 15) is 4.21 Å². The van der Waals surface area contributed by atoms with Crippen molar-refractivity contribution < 1.29 is 4.21 Å². The van der Waals surface area contributed by atoms with Gasteiger partial charge in [-0.1, -0.05) is 16.5 Å². The normalized spacial score (nSPS) is 13.7. The molecule has 6 heavy (non-hydrogen) atoms. The van der Waals surface area contributed by atoms with Crippen molar-refractivity contribution >= 4 is 9.93 Å². The SMILES string of the molecule is C=C[SH](C)(C)=O. The largest absolute Gasteiger partial charge is 0.281 e. The summed E-state index contributed by atoms with van der Waals surface area (Å²) in [5, 5.41) is 1.49. The van der Waals surface area contributed by atoms with Gasteiger partial charge in [0.1, 0.15) is 0 Å². The van der Waals surface area contributed by atoms with Crippen molar-refractivity contribution in [3.63, 3.8) is 0 Å². The van der Waals surface area contributed by atoms with Crippen LogP contribution in [0.3, 0.4) is 0 Å². The minimum Gasteiger partial charge on any atom is -0.281 e. The Labute approximate surface area is 39.5 Å². The molecule has 1 nitrogen and oxygen atoms in total. The predicted molar refractivity (Wildman–Crippen MR) is 31.6 cm³/mol. The lowest BCUT2D eigenvalue weighted by atomic mass is 11.3. The van der Waals surface area contributed by atoms with Crippen molar-refractivity contribution in [3.05, 3.63) is 12.0 Å². The van der Waals surface area contributed by atoms with Gasteiger partial charge in [-0.15, -0.1) is 0 Å². The molecule has 0 N–H and O–H groups in total. The van der Waals surface area contributed by atoms with Gasteiger partial charge in [0.05, 0.1) is 0 Å². The van der Waals surface area contributed by atoms with Gasteiger partial charge in [-0.25, -0.2) is 0 Å². The second kappa shape index (κ2) is 1.56. The van der Waals surface area contributed by atoms with Gasteiger partial charge < -0.3 is 0 Å². The molecule has 2 heteroatoms. The summed E-state index contributed by atoms with van der Waals surface area (Å²) in [7, 11) is -1.88. The van der Waals surface area contributed by atoms with Gasteiger partial charge in [-0.2, -0.15) is 0 Å². The molecule has 0 rings (SSSR count). The van der Waals surface area contributed by atoms with Crippen molar-refractivity contribution in [1.82, 2.24) is 0 Å². The predicted octanol–water partition coefficient (Wildman–Crippen LogP) is 0.406. The van der Waals surface area contributed by atoms with Crippen LogP contribution in [0.4, 0.5) is 0 Å². The quantitative estimate of drug-likeness (QED) is 0.479. The summed E-state index contributed by atoms with van der Waals surface area (Å²) >= 11 is 0. The van der Waals surface area contributed by atoms with E-state index in [0.717, 1.165) is 0 Å². The Balaban J connectivity index is 3.81. The van der Waals surface area contributed by atoms with Crippen molar-refractivity contribution in [3.8, 4) is 0 Å². The first-order chi connectivity index (χ1) is 2.56. The Hall–Kier alpha value is -0.110. The van der Waals surface area contributed by atoms with Crippen molar-refractivity contribution in [2.75, 3.05) is 12.5 Å². The molecule has 0 radical (unpaired) electrons. The third kappa shape index (κ3) is 3.89. The van der Waals surface area contributed by atoms with Crippen molar-refractivity contribution in [2.45, 2.75) is 0 Å². The fourth-order valence-corrected chi connectivity index (χ4v) is 0. The van der Waals surface area contributed by atoms with Crippen LogP contribution in [0.15, 0.2) is 12.0 Å². The van der Waals surface area contributed by atoms with Crippen LogP contribution in [0.25, 0.3) is 0 Å². The molecule has 0 aromatic carbocycles. The van der Waals surface area contributed by atoms with E-state index in [2.05, 4.69) is 6.58 Å². The lowest BCUT2D eigenvalue weighted by molar-refractivity contribution is 0.684. The van der Waals surface area contributed by atoms with Gasteiger partial charge in [-0.3, -0.25) is 4.21 Å². The number of hydrogen-bond acceptors (Lipinski definition) is 1. The van der Waals surface area contributed by atoms with E-state index in [4.69, 9.17) is 0 Å². The Morgan fingerprint density at radius 2 is 1.83 bits per heavy atom. The van der Waals surface area contributed by atoms with Crippen LogP contribution in [-0.4, -0.2) is 16.7 Å². The van der Waals surface area contributed by atoms with Crippen LogP contribution in [0.2, 0.25) is 0 Å². The molecule has 0 amide bonds. The number of thiol groups is 1. The van der Waals surface area contributed by atoms with Gasteiger partial charge >= 0.3 is 0 Å². The molecule has 0 saturated heterocycles. The molecule has 0 aliphatic rings. The third-order valence-electron chi connectivity index (χ3n) is 0.440. The van der Waals surface area contributed by atoms with Crippen LogP contribution < -0.4 is 0 Å². The van der Waals surface area contributed by atoms with E-state index >= 15 is 0 Å². The molecule has 38 valence electrons. The maximum atomic E-state index is 10.5. The highest BCUT2D eigenvalue weighted by Gasteiger charge is 1.85. The molecule has 0 spiro atoms. The summed E-state index contributed by atoms with van der Waals surface area (Å²) in [5.74, 6) is 0. The molecule has 0 bridgehead atoms. The fourth-order valence-electron chi connectivity index (χ4n) is 0. The molecule has 0 aromatic rings. The molecule has 0 fully saturated rings. The van der Waals surface area contributed by atoms with Crippen LogP contribution in [-0.2, 0) is 9.93 Å². The van der Waals surface area contributed by atoms with Crippen molar-refractivity contribution in [2.24, 2.45) is 0 Å². The average molecular weight is 106 g/mol. The van der Waals surface area contributed by atoms with Crippen LogP contribution in [0.1, 0.15) is 0 Å². The Morgan fingerprint density at radius 3 is 1.83 bits per heavy atom. The molecule has 0 aliphatic heterocycles. The minimum atomic E-state index is -1.88. The first-order valence-corrected chi connectivity index (χ1v) is 4.41. The van der Waals surface area contributed by atoms with Gasteiger partial charge in [0.25, 0.3) is 0 Å². The zero-order valence-corrected chi connectivity index (χ0v) is 5.03. The van der Waals surface area contributed by atoms with Gasteiger partial charge in [0, 0.05) is 0 Å². The molecule has 0 saturated carbocycles. The van der Waals surface area contributed by atoms with Crippen LogP contribution in [0.5, 0.6) is 0 Å². The molecule has 0 unspecified atom stereocenters. The molecular formula is C4H10OS. The Morgan fingerprint density at radius 1 is 1.67 bits per heavy atom. The summed E-state index contributed by atoms with van der Waals surface area (Å²) in [6.45, 7) is 3.37. The zero-order valence-electron chi connectivity index (χ0n) is 4.14. The number of rotatable bonds is 1. The lowest BCUT2D eigenvalue weighted by Gasteiger charge is -1.99. The summed E-state index contributed by atoms with van der Waals surface area (Å²) in [6.07, 6.45) is 3.36. The monoisotopic (exact) mass is 106 g/mol. The van der Waals surface area contributed by atoms with Crippen LogP contribution >= 0.6 is 0 Å². The van der Waals surface area contributed by atoms with E-state index in [1.54, 1.807) is 12.5 Å². The Bertz CT molecular complexity index is 89.7. The summed E-state index contributed by atoms with van der Waals surface area (Å²) in [5.41, 5.74) is 0. The van der Waals surface area contributed by atoms with Crippen molar-refractivity contribution in [1.29, 1.82) is 0 Å².